The van der Waals surface area contributed by atoms with Crippen LogP contribution in [0.25, 0.3) is 0 Å². The van der Waals surface area contributed by atoms with Crippen LogP contribution in [-0.2, 0) is 16.1 Å². The van der Waals surface area contributed by atoms with Crippen LogP contribution in [0.5, 0.6) is 0 Å². The maximum Gasteiger partial charge on any atom is 0.128 e. The van der Waals surface area contributed by atoms with E-state index in [0.29, 0.717) is 13.2 Å². The third kappa shape index (κ3) is 2.20. The molecule has 1 aromatic carbocycles. The summed E-state index contributed by atoms with van der Waals surface area (Å²) in [5, 5.41) is 0. The Morgan fingerprint density at radius 2 is 2.00 bits per heavy atom. The van der Waals surface area contributed by atoms with Gasteiger partial charge < -0.3 is 9.53 Å². The molecular weight excluding hydrogens is 176 g/mol. The fraction of sp³-hybridized carbons (Fsp3) is 0.417. The van der Waals surface area contributed by atoms with E-state index in [1.807, 2.05) is 30.3 Å². The maximum absolute atomic E-state index is 10.7. The maximum atomic E-state index is 10.7. The van der Waals surface area contributed by atoms with E-state index < -0.39 is 0 Å². The van der Waals surface area contributed by atoms with Crippen molar-refractivity contribution in [2.45, 2.75) is 19.4 Å². The number of carbonyl (C=O) groups is 1. The van der Waals surface area contributed by atoms with Gasteiger partial charge in [0.05, 0.1) is 13.2 Å². The molecule has 2 heteroatoms. The largest absolute Gasteiger partial charge is 0.376 e. The number of rotatable bonds is 5. The molecule has 0 heterocycles. The Morgan fingerprint density at radius 3 is 2.57 bits per heavy atom. The number of aldehydes is 1. The monoisotopic (exact) mass is 190 g/mol. The predicted octanol–water partition coefficient (Wildman–Crippen LogP) is 2.18. The van der Waals surface area contributed by atoms with Crippen LogP contribution in [0.2, 0.25) is 0 Å². The first-order valence-corrected chi connectivity index (χ1v) is 4.93. The number of carbonyl (C=O) groups excluding carboxylic acids is 1. The van der Waals surface area contributed by atoms with Gasteiger partial charge in [-0.05, 0) is 18.4 Å². The first-order chi connectivity index (χ1) is 6.85. The summed E-state index contributed by atoms with van der Waals surface area (Å²) in [6.45, 7) is 1.18. The molecule has 0 aliphatic heterocycles. The van der Waals surface area contributed by atoms with E-state index in [0.717, 1.165) is 24.7 Å². The van der Waals surface area contributed by atoms with Gasteiger partial charge in [-0.3, -0.25) is 0 Å². The zero-order chi connectivity index (χ0) is 9.86. The molecule has 74 valence electrons. The van der Waals surface area contributed by atoms with Gasteiger partial charge in [0.1, 0.15) is 6.29 Å². The van der Waals surface area contributed by atoms with Crippen LogP contribution in [-0.4, -0.2) is 12.9 Å². The number of benzene rings is 1. The second kappa shape index (κ2) is 3.93. The van der Waals surface area contributed by atoms with E-state index >= 15 is 0 Å². The number of hydrogen-bond acceptors (Lipinski definition) is 2. The molecule has 1 aromatic rings. The fourth-order valence-corrected chi connectivity index (χ4v) is 1.40. The number of ether oxygens (including phenoxy) is 1. The van der Waals surface area contributed by atoms with Crippen LogP contribution in [0, 0.1) is 5.41 Å². The van der Waals surface area contributed by atoms with Gasteiger partial charge in [0.25, 0.3) is 0 Å². The molecule has 2 nitrogen and oxygen atoms in total. The summed E-state index contributed by atoms with van der Waals surface area (Å²) >= 11 is 0. The lowest BCUT2D eigenvalue weighted by molar-refractivity contribution is -0.114. The average Bonchev–Trinajstić information content (AvgIpc) is 3.00. The molecule has 0 spiro atoms. The molecule has 2 rings (SSSR count). The molecule has 0 N–H and O–H groups in total. The Balaban J connectivity index is 1.76. The smallest absolute Gasteiger partial charge is 0.128 e. The Kier molecular flexibility index (Phi) is 2.64. The van der Waals surface area contributed by atoms with Gasteiger partial charge in [-0.2, -0.15) is 0 Å². The first-order valence-electron chi connectivity index (χ1n) is 4.93. The van der Waals surface area contributed by atoms with Crippen LogP contribution in [0.1, 0.15) is 18.4 Å². The fourth-order valence-electron chi connectivity index (χ4n) is 1.40. The summed E-state index contributed by atoms with van der Waals surface area (Å²) in [5.41, 5.74) is 1.03. The van der Waals surface area contributed by atoms with Crippen LogP contribution < -0.4 is 0 Å². The first kappa shape index (κ1) is 9.41. The molecule has 0 saturated heterocycles. The molecule has 0 radical (unpaired) electrons. The minimum Gasteiger partial charge on any atom is -0.376 e. The lowest BCUT2D eigenvalue weighted by Crippen LogP contribution is -2.11. The Morgan fingerprint density at radius 1 is 1.29 bits per heavy atom. The highest BCUT2D eigenvalue weighted by Crippen LogP contribution is 2.43. The third-order valence-corrected chi connectivity index (χ3v) is 2.64. The van der Waals surface area contributed by atoms with E-state index in [4.69, 9.17) is 4.74 Å². The van der Waals surface area contributed by atoms with Gasteiger partial charge >= 0.3 is 0 Å². The second-order valence-electron chi connectivity index (χ2n) is 3.96. The van der Waals surface area contributed by atoms with Gasteiger partial charge in [-0.25, -0.2) is 0 Å². The summed E-state index contributed by atoms with van der Waals surface area (Å²) in [4.78, 5) is 10.7. The molecule has 0 aromatic heterocycles. The summed E-state index contributed by atoms with van der Waals surface area (Å²) < 4.78 is 5.51. The molecule has 1 fully saturated rings. The normalized spacial score (nSPS) is 17.7. The van der Waals surface area contributed by atoms with E-state index in [1.54, 1.807) is 0 Å². The van der Waals surface area contributed by atoms with E-state index in [1.165, 1.54) is 0 Å². The molecule has 14 heavy (non-hydrogen) atoms. The van der Waals surface area contributed by atoms with Crippen molar-refractivity contribution in [3.63, 3.8) is 0 Å². The van der Waals surface area contributed by atoms with Crippen molar-refractivity contribution in [3.8, 4) is 0 Å². The molecule has 1 aliphatic rings. The zero-order valence-corrected chi connectivity index (χ0v) is 8.11. The Hall–Kier alpha value is -1.15. The third-order valence-electron chi connectivity index (χ3n) is 2.64. The zero-order valence-electron chi connectivity index (χ0n) is 8.11. The molecule has 1 saturated carbocycles. The molecule has 0 unspecified atom stereocenters. The molecule has 0 amide bonds. The van der Waals surface area contributed by atoms with Crippen molar-refractivity contribution < 1.29 is 9.53 Å². The number of hydrogen-bond donors (Lipinski definition) is 0. The van der Waals surface area contributed by atoms with Gasteiger partial charge in [-0.15, -0.1) is 0 Å². The Labute approximate surface area is 83.9 Å². The van der Waals surface area contributed by atoms with Crippen molar-refractivity contribution in [2.75, 3.05) is 6.61 Å². The summed E-state index contributed by atoms with van der Waals surface area (Å²) in [5.74, 6) is 0. The molecule has 0 bridgehead atoms. The molecular formula is C12H14O2. The van der Waals surface area contributed by atoms with Crippen LogP contribution >= 0.6 is 0 Å². The van der Waals surface area contributed by atoms with Gasteiger partial charge in [-0.1, -0.05) is 30.3 Å². The minimum atomic E-state index is -0.130. The Bertz CT molecular complexity index is 301. The summed E-state index contributed by atoms with van der Waals surface area (Å²) in [6, 6.07) is 10.0. The van der Waals surface area contributed by atoms with Crippen LogP contribution in [0.4, 0.5) is 0 Å². The van der Waals surface area contributed by atoms with Crippen molar-refractivity contribution >= 4 is 6.29 Å². The quantitative estimate of drug-likeness (QED) is 0.665. The van der Waals surface area contributed by atoms with Crippen LogP contribution in [0.15, 0.2) is 30.3 Å². The molecule has 0 atom stereocenters. The highest BCUT2D eigenvalue weighted by Gasteiger charge is 2.42. The average molecular weight is 190 g/mol. The van der Waals surface area contributed by atoms with Crippen molar-refractivity contribution in [1.82, 2.24) is 0 Å². The van der Waals surface area contributed by atoms with E-state index in [9.17, 15) is 4.79 Å². The second-order valence-corrected chi connectivity index (χ2v) is 3.96. The standard InChI is InChI=1S/C12H14O2/c13-9-12(6-7-12)10-14-8-11-4-2-1-3-5-11/h1-5,9H,6-8,10H2. The summed E-state index contributed by atoms with van der Waals surface area (Å²) in [7, 11) is 0. The highest BCUT2D eigenvalue weighted by molar-refractivity contribution is 5.63. The van der Waals surface area contributed by atoms with Crippen molar-refractivity contribution in [1.29, 1.82) is 0 Å². The van der Waals surface area contributed by atoms with Gasteiger partial charge in [0.15, 0.2) is 0 Å². The lowest BCUT2D eigenvalue weighted by atomic mass is 10.1. The van der Waals surface area contributed by atoms with Gasteiger partial charge in [0, 0.05) is 5.41 Å². The SMILES string of the molecule is O=CC1(COCc2ccccc2)CC1. The topological polar surface area (TPSA) is 26.3 Å². The van der Waals surface area contributed by atoms with Gasteiger partial charge in [0.2, 0.25) is 0 Å². The highest BCUT2D eigenvalue weighted by atomic mass is 16.5. The van der Waals surface area contributed by atoms with Crippen LogP contribution in [0.3, 0.4) is 0 Å². The predicted molar refractivity (Wildman–Crippen MR) is 53.8 cm³/mol. The van der Waals surface area contributed by atoms with Crippen molar-refractivity contribution in [2.24, 2.45) is 5.41 Å². The van der Waals surface area contributed by atoms with Crippen molar-refractivity contribution in [3.05, 3.63) is 35.9 Å². The lowest BCUT2D eigenvalue weighted by Gasteiger charge is -2.07. The van der Waals surface area contributed by atoms with E-state index in [2.05, 4.69) is 0 Å². The molecule has 1 aliphatic carbocycles. The van der Waals surface area contributed by atoms with E-state index in [-0.39, 0.29) is 5.41 Å². The summed E-state index contributed by atoms with van der Waals surface area (Å²) in [6.07, 6.45) is 3.02. The minimum absolute atomic E-state index is 0.130.